The second-order valence-corrected chi connectivity index (χ2v) is 7.50. The molecular weight excluding hydrogens is 324 g/mol. The van der Waals surface area contributed by atoms with Crippen molar-refractivity contribution in [3.8, 4) is 0 Å². The van der Waals surface area contributed by atoms with Crippen LogP contribution >= 0.6 is 15.9 Å². The van der Waals surface area contributed by atoms with Gasteiger partial charge in [-0.05, 0) is 50.4 Å². The van der Waals surface area contributed by atoms with Crippen LogP contribution in [0.2, 0.25) is 0 Å². The van der Waals surface area contributed by atoms with Crippen LogP contribution in [0.1, 0.15) is 51.5 Å². The SMILES string of the molecule is CCN(C1CCCCC1)C(C)(CN)Cc1ccc(Br)cc1. The van der Waals surface area contributed by atoms with E-state index in [-0.39, 0.29) is 5.54 Å². The summed E-state index contributed by atoms with van der Waals surface area (Å²) in [5, 5.41) is 0. The van der Waals surface area contributed by atoms with Crippen LogP contribution in [0.4, 0.5) is 0 Å². The second-order valence-electron chi connectivity index (χ2n) is 6.58. The number of rotatable bonds is 6. The maximum atomic E-state index is 6.22. The molecule has 1 unspecified atom stereocenters. The fraction of sp³-hybridized carbons (Fsp3) is 0.667. The number of hydrogen-bond acceptors (Lipinski definition) is 2. The number of hydrogen-bond donors (Lipinski definition) is 1. The fourth-order valence-electron chi connectivity index (χ4n) is 3.81. The Kier molecular flexibility index (Phi) is 6.27. The lowest BCUT2D eigenvalue weighted by Gasteiger charge is -2.46. The molecule has 3 heteroatoms. The molecule has 21 heavy (non-hydrogen) atoms. The van der Waals surface area contributed by atoms with E-state index in [9.17, 15) is 0 Å². The predicted molar refractivity (Wildman–Crippen MR) is 94.6 cm³/mol. The highest BCUT2D eigenvalue weighted by Crippen LogP contribution is 2.30. The summed E-state index contributed by atoms with van der Waals surface area (Å²) in [6.45, 7) is 6.43. The monoisotopic (exact) mass is 352 g/mol. The minimum atomic E-state index is 0.0601. The Hall–Kier alpha value is -0.380. The van der Waals surface area contributed by atoms with Crippen LogP contribution in [-0.4, -0.2) is 29.6 Å². The van der Waals surface area contributed by atoms with Gasteiger partial charge in [0, 0.05) is 22.6 Å². The molecule has 1 atom stereocenters. The average Bonchev–Trinajstić information content (AvgIpc) is 2.51. The van der Waals surface area contributed by atoms with Gasteiger partial charge >= 0.3 is 0 Å². The first-order chi connectivity index (χ1) is 10.1. The van der Waals surface area contributed by atoms with Crippen LogP contribution in [0.3, 0.4) is 0 Å². The van der Waals surface area contributed by atoms with E-state index < -0.39 is 0 Å². The summed E-state index contributed by atoms with van der Waals surface area (Å²) in [5.74, 6) is 0. The Morgan fingerprint density at radius 3 is 2.33 bits per heavy atom. The van der Waals surface area contributed by atoms with Crippen molar-refractivity contribution in [3.63, 3.8) is 0 Å². The molecule has 0 spiro atoms. The number of likely N-dealkylation sites (N-methyl/N-ethyl adjacent to an activating group) is 1. The number of benzene rings is 1. The highest BCUT2D eigenvalue weighted by atomic mass is 79.9. The molecule has 1 aliphatic rings. The molecule has 0 bridgehead atoms. The Bertz CT molecular complexity index is 425. The molecule has 2 nitrogen and oxygen atoms in total. The summed E-state index contributed by atoms with van der Waals surface area (Å²) < 4.78 is 1.14. The minimum Gasteiger partial charge on any atom is -0.329 e. The molecule has 1 saturated carbocycles. The van der Waals surface area contributed by atoms with Gasteiger partial charge in [0.25, 0.3) is 0 Å². The van der Waals surface area contributed by atoms with E-state index >= 15 is 0 Å². The maximum Gasteiger partial charge on any atom is 0.0346 e. The molecule has 0 radical (unpaired) electrons. The normalized spacial score (nSPS) is 19.7. The highest BCUT2D eigenvalue weighted by molar-refractivity contribution is 9.10. The van der Waals surface area contributed by atoms with Crippen LogP contribution in [-0.2, 0) is 6.42 Å². The van der Waals surface area contributed by atoms with Gasteiger partial charge in [0.05, 0.1) is 0 Å². The fourth-order valence-corrected chi connectivity index (χ4v) is 4.07. The van der Waals surface area contributed by atoms with Crippen LogP contribution < -0.4 is 5.73 Å². The van der Waals surface area contributed by atoms with Gasteiger partial charge in [0.2, 0.25) is 0 Å². The first-order valence-corrected chi connectivity index (χ1v) is 9.09. The zero-order valence-corrected chi connectivity index (χ0v) is 15.0. The van der Waals surface area contributed by atoms with Crippen LogP contribution in [0.5, 0.6) is 0 Å². The number of nitrogens with zero attached hydrogens (tertiary/aromatic N) is 1. The summed E-state index contributed by atoms with van der Waals surface area (Å²) in [6, 6.07) is 9.40. The molecule has 2 rings (SSSR count). The van der Waals surface area contributed by atoms with Crippen molar-refractivity contribution < 1.29 is 0 Å². The molecule has 118 valence electrons. The lowest BCUT2D eigenvalue weighted by molar-refractivity contribution is 0.0473. The number of halogens is 1. The maximum absolute atomic E-state index is 6.22. The Balaban J connectivity index is 2.14. The van der Waals surface area contributed by atoms with Gasteiger partial charge in [0.15, 0.2) is 0 Å². The molecule has 1 fully saturated rings. The van der Waals surface area contributed by atoms with Crippen LogP contribution in [0.25, 0.3) is 0 Å². The van der Waals surface area contributed by atoms with Gasteiger partial charge in [-0.1, -0.05) is 54.2 Å². The summed E-state index contributed by atoms with van der Waals surface area (Å²) in [7, 11) is 0. The van der Waals surface area contributed by atoms with Gasteiger partial charge < -0.3 is 5.73 Å². The van der Waals surface area contributed by atoms with Crippen LogP contribution in [0, 0.1) is 0 Å². The third-order valence-electron chi connectivity index (χ3n) is 4.99. The summed E-state index contributed by atoms with van der Waals surface area (Å²) in [4.78, 5) is 2.67. The predicted octanol–water partition coefficient (Wildman–Crippen LogP) is 4.36. The van der Waals surface area contributed by atoms with Gasteiger partial charge in [-0.25, -0.2) is 0 Å². The van der Waals surface area contributed by atoms with E-state index in [0.29, 0.717) is 12.6 Å². The van der Waals surface area contributed by atoms with E-state index in [0.717, 1.165) is 17.4 Å². The standard InChI is InChI=1S/C18H29BrN2/c1-3-21(17-7-5-4-6-8-17)18(2,14-20)13-15-9-11-16(19)12-10-15/h9-12,17H,3-8,13-14,20H2,1-2H3. The number of nitrogens with two attached hydrogens (primary N) is 1. The van der Waals surface area contributed by atoms with Crippen molar-refractivity contribution in [2.45, 2.75) is 64.0 Å². The minimum absolute atomic E-state index is 0.0601. The highest BCUT2D eigenvalue weighted by Gasteiger charge is 2.35. The zero-order chi connectivity index (χ0) is 15.3. The second kappa shape index (κ2) is 7.75. The summed E-state index contributed by atoms with van der Waals surface area (Å²) in [5.41, 5.74) is 7.65. The Labute approximate surface area is 138 Å². The van der Waals surface area contributed by atoms with Gasteiger partial charge in [-0.15, -0.1) is 0 Å². The topological polar surface area (TPSA) is 29.3 Å². The lowest BCUT2D eigenvalue weighted by Crippen LogP contribution is -2.57. The van der Waals surface area contributed by atoms with E-state index in [2.05, 4.69) is 58.9 Å². The van der Waals surface area contributed by atoms with Crippen molar-refractivity contribution in [2.75, 3.05) is 13.1 Å². The third-order valence-corrected chi connectivity index (χ3v) is 5.52. The van der Waals surface area contributed by atoms with Crippen molar-refractivity contribution in [1.82, 2.24) is 4.90 Å². The van der Waals surface area contributed by atoms with Crippen molar-refractivity contribution in [3.05, 3.63) is 34.3 Å². The van der Waals surface area contributed by atoms with E-state index in [1.54, 1.807) is 0 Å². The quantitative estimate of drug-likeness (QED) is 0.823. The Morgan fingerprint density at radius 2 is 1.81 bits per heavy atom. The van der Waals surface area contributed by atoms with Gasteiger partial charge in [-0.3, -0.25) is 4.90 Å². The van der Waals surface area contributed by atoms with Gasteiger partial charge in [-0.2, -0.15) is 0 Å². The third kappa shape index (κ3) is 4.30. The molecule has 1 aromatic rings. The molecule has 0 aromatic heterocycles. The lowest BCUT2D eigenvalue weighted by atomic mass is 9.85. The first-order valence-electron chi connectivity index (χ1n) is 8.30. The van der Waals surface area contributed by atoms with E-state index in [4.69, 9.17) is 5.73 Å². The largest absolute Gasteiger partial charge is 0.329 e. The van der Waals surface area contributed by atoms with Crippen LogP contribution in [0.15, 0.2) is 28.7 Å². The van der Waals surface area contributed by atoms with Gasteiger partial charge in [0.1, 0.15) is 0 Å². The molecular formula is C18H29BrN2. The molecule has 0 saturated heterocycles. The molecule has 1 aliphatic carbocycles. The van der Waals surface area contributed by atoms with E-state index in [1.165, 1.54) is 37.7 Å². The van der Waals surface area contributed by atoms with E-state index in [1.807, 2.05) is 0 Å². The molecule has 2 N–H and O–H groups in total. The van der Waals surface area contributed by atoms with Crippen molar-refractivity contribution in [2.24, 2.45) is 5.73 Å². The summed E-state index contributed by atoms with van der Waals surface area (Å²) >= 11 is 3.51. The summed E-state index contributed by atoms with van der Waals surface area (Å²) in [6.07, 6.45) is 7.86. The zero-order valence-electron chi connectivity index (χ0n) is 13.4. The first kappa shape index (κ1) is 17.0. The molecule has 1 aromatic carbocycles. The molecule has 0 aliphatic heterocycles. The molecule has 0 heterocycles. The molecule has 0 amide bonds. The van der Waals surface area contributed by atoms with Crippen molar-refractivity contribution >= 4 is 15.9 Å². The average molecular weight is 353 g/mol. The Morgan fingerprint density at radius 1 is 1.19 bits per heavy atom. The van der Waals surface area contributed by atoms with Crippen molar-refractivity contribution in [1.29, 1.82) is 0 Å². The smallest absolute Gasteiger partial charge is 0.0346 e.